The molecule has 0 amide bonds. The van der Waals surface area contributed by atoms with Crippen molar-refractivity contribution in [3.63, 3.8) is 0 Å². The highest BCUT2D eigenvalue weighted by Crippen LogP contribution is 2.16. The summed E-state index contributed by atoms with van der Waals surface area (Å²) in [6.07, 6.45) is 0. The molecular weight excluding hydrogens is 326 g/mol. The molecule has 0 N–H and O–H groups in total. The van der Waals surface area contributed by atoms with Gasteiger partial charge in [0, 0.05) is 25.7 Å². The van der Waals surface area contributed by atoms with Crippen molar-refractivity contribution in [1.29, 1.82) is 0 Å². The number of rotatable bonds is 3. The molecule has 6 heteroatoms. The highest BCUT2D eigenvalue weighted by Gasteiger charge is 2.11. The highest BCUT2D eigenvalue weighted by molar-refractivity contribution is 9.11. The summed E-state index contributed by atoms with van der Waals surface area (Å²) in [4.78, 5) is 2.39. The Bertz CT molecular complexity index is 323. The van der Waals surface area contributed by atoms with Crippen molar-refractivity contribution in [2.45, 2.75) is 6.54 Å². The molecule has 4 nitrogen and oxygen atoms in total. The molecule has 84 valence electrons. The summed E-state index contributed by atoms with van der Waals surface area (Å²) in [5.41, 5.74) is 0. The second kappa shape index (κ2) is 5.43. The van der Waals surface area contributed by atoms with Gasteiger partial charge in [-0.2, -0.15) is 5.10 Å². The molecule has 2 heterocycles. The van der Waals surface area contributed by atoms with Gasteiger partial charge < -0.3 is 4.74 Å². The molecule has 0 saturated carbocycles. The van der Waals surface area contributed by atoms with Crippen molar-refractivity contribution in [2.24, 2.45) is 0 Å². The van der Waals surface area contributed by atoms with E-state index in [9.17, 15) is 0 Å². The normalized spacial score (nSPS) is 18.3. The predicted molar refractivity (Wildman–Crippen MR) is 64.9 cm³/mol. The number of ether oxygens (including phenoxy) is 1. The van der Waals surface area contributed by atoms with Gasteiger partial charge in [0.05, 0.1) is 19.8 Å². The third kappa shape index (κ3) is 3.27. The number of aromatic nitrogens is 2. The molecule has 0 bridgehead atoms. The van der Waals surface area contributed by atoms with Gasteiger partial charge in [0.2, 0.25) is 0 Å². The van der Waals surface area contributed by atoms with Gasteiger partial charge in [-0.25, -0.2) is 0 Å². The molecule has 1 aromatic rings. The number of hydrogen-bond acceptors (Lipinski definition) is 3. The highest BCUT2D eigenvalue weighted by atomic mass is 79.9. The zero-order valence-corrected chi connectivity index (χ0v) is 11.5. The van der Waals surface area contributed by atoms with Gasteiger partial charge in [0.25, 0.3) is 0 Å². The van der Waals surface area contributed by atoms with E-state index < -0.39 is 0 Å². The largest absolute Gasteiger partial charge is 0.379 e. The van der Waals surface area contributed by atoms with Gasteiger partial charge in [-0.3, -0.25) is 9.58 Å². The first-order valence-electron chi connectivity index (χ1n) is 4.94. The van der Waals surface area contributed by atoms with E-state index >= 15 is 0 Å². The number of hydrogen-bond donors (Lipinski definition) is 0. The molecule has 1 aliphatic heterocycles. The summed E-state index contributed by atoms with van der Waals surface area (Å²) >= 11 is 6.82. The summed E-state index contributed by atoms with van der Waals surface area (Å²) in [5, 5.41) is 4.32. The molecule has 1 fully saturated rings. The Labute approximate surface area is 106 Å². The van der Waals surface area contributed by atoms with Crippen LogP contribution in [0.5, 0.6) is 0 Å². The van der Waals surface area contributed by atoms with E-state index in [0.29, 0.717) is 0 Å². The zero-order valence-electron chi connectivity index (χ0n) is 8.33. The molecule has 0 aliphatic carbocycles. The topological polar surface area (TPSA) is 30.3 Å². The molecule has 0 atom stereocenters. The van der Waals surface area contributed by atoms with Crippen LogP contribution in [-0.2, 0) is 11.3 Å². The molecule has 0 unspecified atom stereocenters. The minimum absolute atomic E-state index is 0.851. The van der Waals surface area contributed by atoms with Crippen LogP contribution >= 0.6 is 31.9 Å². The van der Waals surface area contributed by atoms with Gasteiger partial charge in [0.15, 0.2) is 0 Å². The lowest BCUT2D eigenvalue weighted by molar-refractivity contribution is 0.0359. The van der Waals surface area contributed by atoms with Gasteiger partial charge in [0.1, 0.15) is 9.21 Å². The molecule has 15 heavy (non-hydrogen) atoms. The molecule has 1 saturated heterocycles. The van der Waals surface area contributed by atoms with Crippen LogP contribution < -0.4 is 0 Å². The van der Waals surface area contributed by atoms with Gasteiger partial charge in [-0.15, -0.1) is 0 Å². The maximum absolute atomic E-state index is 5.30. The van der Waals surface area contributed by atoms with Crippen LogP contribution in [-0.4, -0.2) is 47.5 Å². The Morgan fingerprint density at radius 3 is 2.60 bits per heavy atom. The molecule has 0 spiro atoms. The fourth-order valence-electron chi connectivity index (χ4n) is 1.58. The predicted octanol–water partition coefficient (Wildman–Crippen LogP) is 1.74. The fourth-order valence-corrected chi connectivity index (χ4v) is 2.77. The van der Waals surface area contributed by atoms with Gasteiger partial charge in [-0.1, -0.05) is 0 Å². The smallest absolute Gasteiger partial charge is 0.129 e. The van der Waals surface area contributed by atoms with Crippen LogP contribution in [0.1, 0.15) is 0 Å². The van der Waals surface area contributed by atoms with Gasteiger partial charge in [-0.05, 0) is 31.9 Å². The molecule has 0 aromatic carbocycles. The first-order chi connectivity index (χ1) is 7.25. The molecular formula is C9H13Br2N3O. The Kier molecular flexibility index (Phi) is 4.19. The van der Waals surface area contributed by atoms with Crippen molar-refractivity contribution in [3.8, 4) is 0 Å². The summed E-state index contributed by atoms with van der Waals surface area (Å²) in [6.45, 7) is 5.69. The standard InChI is InChI=1S/C9H13Br2N3O/c10-8-7-9(11)14(12-8)2-1-13-3-5-15-6-4-13/h7H,1-6H2. The summed E-state index contributed by atoms with van der Waals surface area (Å²) < 4.78 is 9.14. The molecule has 1 aromatic heterocycles. The number of nitrogens with zero attached hydrogens (tertiary/aromatic N) is 3. The SMILES string of the molecule is Brc1cc(Br)n(CCN2CCOCC2)n1. The molecule has 1 aliphatic rings. The third-order valence-electron chi connectivity index (χ3n) is 2.43. The minimum Gasteiger partial charge on any atom is -0.379 e. The van der Waals surface area contributed by atoms with Crippen molar-refractivity contribution in [2.75, 3.05) is 32.8 Å². The van der Waals surface area contributed by atoms with E-state index in [-0.39, 0.29) is 0 Å². The number of halogens is 2. The van der Waals surface area contributed by atoms with Crippen LogP contribution in [0.2, 0.25) is 0 Å². The monoisotopic (exact) mass is 337 g/mol. The summed E-state index contributed by atoms with van der Waals surface area (Å²) in [7, 11) is 0. The van der Waals surface area contributed by atoms with Crippen molar-refractivity contribution in [3.05, 3.63) is 15.3 Å². The Hall–Kier alpha value is 0.0900. The van der Waals surface area contributed by atoms with Crippen molar-refractivity contribution in [1.82, 2.24) is 14.7 Å². The van der Waals surface area contributed by atoms with E-state index in [1.807, 2.05) is 10.7 Å². The lowest BCUT2D eigenvalue weighted by Crippen LogP contribution is -2.38. The van der Waals surface area contributed by atoms with Crippen molar-refractivity contribution < 1.29 is 4.74 Å². The second-order valence-corrected chi connectivity index (χ2v) is 5.09. The van der Waals surface area contributed by atoms with Crippen molar-refractivity contribution >= 4 is 31.9 Å². The Morgan fingerprint density at radius 2 is 2.00 bits per heavy atom. The van der Waals surface area contributed by atoms with Crippen LogP contribution in [0.15, 0.2) is 15.3 Å². The third-order valence-corrected chi connectivity index (χ3v) is 3.46. The maximum Gasteiger partial charge on any atom is 0.129 e. The zero-order chi connectivity index (χ0) is 10.7. The maximum atomic E-state index is 5.30. The average molecular weight is 339 g/mol. The van der Waals surface area contributed by atoms with E-state index in [4.69, 9.17) is 4.74 Å². The van der Waals surface area contributed by atoms with Gasteiger partial charge >= 0.3 is 0 Å². The van der Waals surface area contributed by atoms with E-state index in [1.165, 1.54) is 0 Å². The van der Waals surface area contributed by atoms with E-state index in [0.717, 1.165) is 48.6 Å². The van der Waals surface area contributed by atoms with Crippen LogP contribution in [0, 0.1) is 0 Å². The lowest BCUT2D eigenvalue weighted by atomic mass is 10.4. The first kappa shape index (κ1) is 11.6. The first-order valence-corrected chi connectivity index (χ1v) is 6.53. The summed E-state index contributed by atoms with van der Waals surface area (Å²) in [6, 6.07) is 1.96. The summed E-state index contributed by atoms with van der Waals surface area (Å²) in [5.74, 6) is 0. The molecule has 0 radical (unpaired) electrons. The fraction of sp³-hybridized carbons (Fsp3) is 0.667. The van der Waals surface area contributed by atoms with E-state index in [1.54, 1.807) is 0 Å². The lowest BCUT2D eigenvalue weighted by Gasteiger charge is -2.26. The van der Waals surface area contributed by atoms with Crippen LogP contribution in [0.3, 0.4) is 0 Å². The Balaban J connectivity index is 1.84. The second-order valence-electron chi connectivity index (χ2n) is 3.47. The molecule has 2 rings (SSSR count). The number of morpholine rings is 1. The van der Waals surface area contributed by atoms with Crippen LogP contribution in [0.25, 0.3) is 0 Å². The Morgan fingerprint density at radius 1 is 1.27 bits per heavy atom. The minimum atomic E-state index is 0.851. The van der Waals surface area contributed by atoms with Crippen LogP contribution in [0.4, 0.5) is 0 Å². The quantitative estimate of drug-likeness (QED) is 0.841. The average Bonchev–Trinajstić information content (AvgIpc) is 2.56. The van der Waals surface area contributed by atoms with E-state index in [2.05, 4.69) is 41.9 Å².